The number of esters is 1. The van der Waals surface area contributed by atoms with Crippen LogP contribution in [0.2, 0.25) is 5.02 Å². The molecule has 0 N–H and O–H groups in total. The van der Waals surface area contributed by atoms with Crippen LogP contribution in [0.25, 0.3) is 0 Å². The van der Waals surface area contributed by atoms with E-state index >= 15 is 0 Å². The first-order valence-electron chi connectivity index (χ1n) is 13.6. The highest BCUT2D eigenvalue weighted by Gasteiger charge is 2.28. The van der Waals surface area contributed by atoms with E-state index in [2.05, 4.69) is 17.0 Å². The first-order chi connectivity index (χ1) is 18.0. The molecule has 1 amide bonds. The average molecular weight is 527 g/mol. The Bertz CT molecular complexity index is 1090. The van der Waals surface area contributed by atoms with Crippen LogP contribution in [-0.2, 0) is 27.4 Å². The van der Waals surface area contributed by atoms with Crippen molar-refractivity contribution >= 4 is 29.2 Å². The fraction of sp³-hybridized carbons (Fsp3) is 0.533. The van der Waals surface area contributed by atoms with E-state index in [4.69, 9.17) is 21.1 Å². The van der Waals surface area contributed by atoms with E-state index in [1.807, 2.05) is 31.3 Å². The van der Waals surface area contributed by atoms with Crippen LogP contribution in [0.3, 0.4) is 0 Å². The topological polar surface area (TPSA) is 59.1 Å². The summed E-state index contributed by atoms with van der Waals surface area (Å²) in [6.07, 6.45) is 8.63. The summed E-state index contributed by atoms with van der Waals surface area (Å²) in [6.45, 7) is 3.00. The number of hydrogen-bond acceptors (Lipinski definition) is 5. The minimum atomic E-state index is -0.654. The van der Waals surface area contributed by atoms with Gasteiger partial charge in [-0.15, -0.1) is 0 Å². The smallest absolute Gasteiger partial charge is 0.313 e. The molecule has 2 aliphatic heterocycles. The normalized spacial score (nSPS) is 20.0. The Hall–Kier alpha value is -2.73. The molecule has 2 aromatic rings. The Kier molecular flexibility index (Phi) is 9.73. The molecular weight excluding hydrogens is 488 g/mol. The summed E-state index contributed by atoms with van der Waals surface area (Å²) in [6, 6.07) is 11.9. The summed E-state index contributed by atoms with van der Waals surface area (Å²) in [5.74, 6) is -0.285. The van der Waals surface area contributed by atoms with Gasteiger partial charge in [-0.05, 0) is 73.1 Å². The maximum Gasteiger partial charge on any atom is 0.313 e. The van der Waals surface area contributed by atoms with E-state index in [9.17, 15) is 9.59 Å². The van der Waals surface area contributed by atoms with Gasteiger partial charge in [0.15, 0.2) is 0 Å². The van der Waals surface area contributed by atoms with Gasteiger partial charge in [0.2, 0.25) is 5.91 Å². The average Bonchev–Trinajstić information content (AvgIpc) is 2.93. The van der Waals surface area contributed by atoms with Crippen molar-refractivity contribution in [2.45, 2.75) is 70.3 Å². The Morgan fingerprint density at radius 1 is 0.946 bits per heavy atom. The maximum atomic E-state index is 13.0. The minimum Gasteiger partial charge on any atom is -0.487 e. The molecule has 0 radical (unpaired) electrons. The fourth-order valence-electron chi connectivity index (χ4n) is 5.33. The third-order valence-corrected chi connectivity index (χ3v) is 7.85. The van der Waals surface area contributed by atoms with Crippen LogP contribution >= 0.6 is 11.6 Å². The lowest BCUT2D eigenvalue weighted by Gasteiger charge is -2.28. The van der Waals surface area contributed by atoms with Crippen molar-refractivity contribution < 1.29 is 19.1 Å². The Labute approximate surface area is 225 Å². The van der Waals surface area contributed by atoms with Gasteiger partial charge in [-0.1, -0.05) is 43.0 Å². The zero-order valence-electron chi connectivity index (χ0n) is 22.1. The molecule has 0 saturated carbocycles. The number of carbonyl (C=O) groups excluding carboxylic acids is 2. The molecule has 2 aromatic carbocycles. The SMILES string of the molecule is COC(=O)C1CC(=O)N(C)CCCCCCCN2CCCCc3cc(Cl)ccc3COc3ccc1cc32. The summed E-state index contributed by atoms with van der Waals surface area (Å²) in [5.41, 5.74) is 4.16. The highest BCUT2D eigenvalue weighted by Crippen LogP contribution is 2.36. The standard InChI is InChI=1S/C30H39ClN2O4/c1-32-15-7-4-3-5-8-16-33-17-9-6-10-22-18-25(31)13-11-24(22)21-37-28-14-12-23(19-27(28)33)26(20-29(32)34)30(35)36-2/h11-14,18-19,26H,3-10,15-17,20-21H2,1-2H3. The molecule has 4 rings (SSSR count). The van der Waals surface area contributed by atoms with Gasteiger partial charge in [-0.2, -0.15) is 0 Å². The number of anilines is 1. The van der Waals surface area contributed by atoms with Crippen LogP contribution in [-0.4, -0.2) is 50.6 Å². The molecule has 7 heteroatoms. The molecule has 0 saturated heterocycles. The van der Waals surface area contributed by atoms with Crippen molar-refractivity contribution in [1.29, 1.82) is 0 Å². The quantitative estimate of drug-likeness (QED) is 0.418. The number of aryl methyl sites for hydroxylation is 1. The summed E-state index contributed by atoms with van der Waals surface area (Å²) in [7, 11) is 3.21. The zero-order chi connectivity index (χ0) is 26.2. The number of ether oxygens (including phenoxy) is 2. The second kappa shape index (κ2) is 13.2. The van der Waals surface area contributed by atoms with E-state index in [0.29, 0.717) is 13.2 Å². The molecule has 2 aliphatic rings. The second-order valence-electron chi connectivity index (χ2n) is 10.2. The van der Waals surface area contributed by atoms with Crippen LogP contribution in [0, 0.1) is 0 Å². The first kappa shape index (κ1) is 27.3. The molecule has 6 nitrogen and oxygen atoms in total. The summed E-state index contributed by atoms with van der Waals surface area (Å²) in [5, 5.41) is 0.752. The minimum absolute atomic E-state index is 0.0369. The van der Waals surface area contributed by atoms with Gasteiger partial charge in [0, 0.05) is 38.1 Å². The number of rotatable bonds is 1. The molecular formula is C30H39ClN2O4. The predicted octanol–water partition coefficient (Wildman–Crippen LogP) is 6.13. The van der Waals surface area contributed by atoms with E-state index in [1.165, 1.54) is 12.7 Å². The van der Waals surface area contributed by atoms with Gasteiger partial charge in [0.05, 0.1) is 18.7 Å². The molecule has 1 atom stereocenters. The van der Waals surface area contributed by atoms with Crippen LogP contribution < -0.4 is 9.64 Å². The van der Waals surface area contributed by atoms with Crippen molar-refractivity contribution in [3.63, 3.8) is 0 Å². The second-order valence-corrected chi connectivity index (χ2v) is 10.7. The van der Waals surface area contributed by atoms with Crippen LogP contribution in [0.5, 0.6) is 5.75 Å². The van der Waals surface area contributed by atoms with E-state index in [1.54, 1.807) is 4.90 Å². The maximum absolute atomic E-state index is 13.0. The first-order valence-corrected chi connectivity index (χ1v) is 13.9. The van der Waals surface area contributed by atoms with Gasteiger partial charge in [0.25, 0.3) is 0 Å². The monoisotopic (exact) mass is 526 g/mol. The number of halogens is 1. The molecule has 0 aliphatic carbocycles. The van der Waals surface area contributed by atoms with Gasteiger partial charge in [-0.3, -0.25) is 9.59 Å². The lowest BCUT2D eigenvalue weighted by molar-refractivity contribution is -0.145. The highest BCUT2D eigenvalue weighted by atomic mass is 35.5. The van der Waals surface area contributed by atoms with Gasteiger partial charge in [-0.25, -0.2) is 0 Å². The summed E-state index contributed by atoms with van der Waals surface area (Å²) < 4.78 is 11.6. The molecule has 37 heavy (non-hydrogen) atoms. The van der Waals surface area contributed by atoms with Crippen molar-refractivity contribution in [1.82, 2.24) is 4.90 Å². The molecule has 200 valence electrons. The largest absolute Gasteiger partial charge is 0.487 e. The fourth-order valence-corrected chi connectivity index (χ4v) is 5.53. The van der Waals surface area contributed by atoms with Gasteiger partial charge < -0.3 is 19.3 Å². The van der Waals surface area contributed by atoms with Crippen LogP contribution in [0.15, 0.2) is 36.4 Å². The molecule has 0 fully saturated rings. The number of methoxy groups -OCH3 is 1. The molecule has 2 heterocycles. The van der Waals surface area contributed by atoms with E-state index in [0.717, 1.165) is 92.0 Å². The van der Waals surface area contributed by atoms with Crippen molar-refractivity contribution in [3.8, 4) is 5.75 Å². The predicted molar refractivity (Wildman–Crippen MR) is 147 cm³/mol. The van der Waals surface area contributed by atoms with Gasteiger partial charge in [0.1, 0.15) is 12.4 Å². The zero-order valence-corrected chi connectivity index (χ0v) is 22.9. The molecule has 0 spiro atoms. The van der Waals surface area contributed by atoms with Crippen molar-refractivity contribution in [2.24, 2.45) is 0 Å². The lowest BCUT2D eigenvalue weighted by atomic mass is 9.94. The third-order valence-electron chi connectivity index (χ3n) is 7.61. The Morgan fingerprint density at radius 3 is 2.46 bits per heavy atom. The number of nitrogens with zero attached hydrogens (tertiary/aromatic N) is 2. The number of fused-ring (bicyclic) bond motifs is 2. The van der Waals surface area contributed by atoms with Crippen molar-refractivity contribution in [3.05, 3.63) is 58.1 Å². The lowest BCUT2D eigenvalue weighted by Crippen LogP contribution is -2.31. The van der Waals surface area contributed by atoms with E-state index in [-0.39, 0.29) is 18.3 Å². The number of amides is 1. The third kappa shape index (κ3) is 7.19. The number of hydrogen-bond donors (Lipinski definition) is 0. The number of carbonyl (C=O) groups is 2. The highest BCUT2D eigenvalue weighted by molar-refractivity contribution is 6.30. The molecule has 2 bridgehead atoms. The Balaban J connectivity index is 1.72. The molecule has 1 unspecified atom stereocenters. The summed E-state index contributed by atoms with van der Waals surface area (Å²) in [4.78, 5) is 30.0. The van der Waals surface area contributed by atoms with Gasteiger partial charge >= 0.3 is 5.97 Å². The van der Waals surface area contributed by atoms with E-state index < -0.39 is 5.92 Å². The van der Waals surface area contributed by atoms with Crippen molar-refractivity contribution in [2.75, 3.05) is 38.7 Å². The summed E-state index contributed by atoms with van der Waals surface area (Å²) >= 11 is 6.29. The van der Waals surface area contributed by atoms with Crippen LogP contribution in [0.4, 0.5) is 5.69 Å². The van der Waals surface area contributed by atoms with Crippen LogP contribution in [0.1, 0.15) is 74.0 Å². The Morgan fingerprint density at radius 2 is 1.68 bits per heavy atom. The molecule has 0 aromatic heterocycles. The number of benzene rings is 2.